The minimum atomic E-state index is -4.76. The number of nitrogen functional groups attached to an aromatic ring is 1. The largest absolute Gasteiger partial charge is 0.436 e. The van der Waals surface area contributed by atoms with Gasteiger partial charge in [-0.2, -0.15) is 13.2 Å². The van der Waals surface area contributed by atoms with Crippen LogP contribution in [0.15, 0.2) is 36.4 Å². The number of hydrogen-bond donors (Lipinski definition) is 3. The van der Waals surface area contributed by atoms with Crippen LogP contribution in [0.25, 0.3) is 0 Å². The van der Waals surface area contributed by atoms with Crippen molar-refractivity contribution in [2.75, 3.05) is 37.2 Å². The van der Waals surface area contributed by atoms with Gasteiger partial charge in [0.2, 0.25) is 0 Å². The zero-order valence-electron chi connectivity index (χ0n) is 27.4. The number of ether oxygens (including phenoxy) is 1. The molecule has 7 rings (SSSR count). The summed E-state index contributed by atoms with van der Waals surface area (Å²) in [6, 6.07) is 9.37. The molecule has 0 radical (unpaired) electrons. The van der Waals surface area contributed by atoms with Gasteiger partial charge in [0.05, 0.1) is 21.8 Å². The number of nitrogens with one attached hydrogen (secondary N) is 2. The lowest BCUT2D eigenvalue weighted by Gasteiger charge is -2.45. The first-order valence-electron chi connectivity index (χ1n) is 17.5. The first-order chi connectivity index (χ1) is 23.4. The number of piperidine rings is 2. The Balaban J connectivity index is 1.06. The number of likely N-dealkylation sites (tertiary alicyclic amines) is 2. The summed E-state index contributed by atoms with van der Waals surface area (Å²) in [6.45, 7) is 1.52. The molecule has 4 N–H and O–H groups in total. The van der Waals surface area contributed by atoms with Gasteiger partial charge in [0, 0.05) is 43.9 Å². The van der Waals surface area contributed by atoms with Gasteiger partial charge in [0.1, 0.15) is 0 Å². The maximum atomic E-state index is 14.1. The summed E-state index contributed by atoms with van der Waals surface area (Å²) in [6.07, 6.45) is 1.95. The van der Waals surface area contributed by atoms with E-state index in [1.54, 1.807) is 4.90 Å². The molecule has 2 saturated heterocycles. The fraction of sp³-hybridized carbons (Fsp3) is 0.583. The lowest BCUT2D eigenvalue weighted by atomic mass is 9.79. The maximum Gasteiger partial charge on any atom is 0.418 e. The van der Waals surface area contributed by atoms with Gasteiger partial charge in [-0.25, -0.2) is 9.59 Å². The van der Waals surface area contributed by atoms with Gasteiger partial charge >= 0.3 is 18.3 Å². The summed E-state index contributed by atoms with van der Waals surface area (Å²) < 4.78 is 47.3. The molecule has 2 aromatic rings. The number of carbonyl (C=O) groups excluding carboxylic acids is 3. The smallest absolute Gasteiger partial charge is 0.418 e. The molecule has 13 heteroatoms. The number of nitrogens with zero attached hydrogens (tertiary/aromatic N) is 2. The molecule has 4 amide bonds. The number of hydrogen-bond acceptors (Lipinski definition) is 5. The molecule has 264 valence electrons. The number of carbonyl (C=O) groups is 3. The molecule has 49 heavy (non-hydrogen) atoms. The Bertz CT molecular complexity index is 1590. The van der Waals surface area contributed by atoms with Gasteiger partial charge in [-0.05, 0) is 86.0 Å². The zero-order valence-corrected chi connectivity index (χ0v) is 28.1. The second kappa shape index (κ2) is 13.2. The molecule has 4 fully saturated rings. The number of urea groups is 1. The normalized spacial score (nSPS) is 25.7. The number of amides is 4. The number of anilines is 2. The van der Waals surface area contributed by atoms with E-state index in [9.17, 15) is 27.6 Å². The molecule has 5 aliphatic rings. The Morgan fingerprint density at radius 1 is 0.980 bits per heavy atom. The topological polar surface area (TPSA) is 117 Å². The van der Waals surface area contributed by atoms with Gasteiger partial charge < -0.3 is 30.9 Å². The second-order valence-electron chi connectivity index (χ2n) is 14.5. The van der Waals surface area contributed by atoms with Crippen molar-refractivity contribution in [1.29, 1.82) is 0 Å². The number of para-hydroxylation sites is 1. The van der Waals surface area contributed by atoms with E-state index in [-0.39, 0.29) is 36.1 Å². The lowest BCUT2D eigenvalue weighted by Crippen LogP contribution is -2.58. The third-order valence-electron chi connectivity index (χ3n) is 11.7. The monoisotopic (exact) mass is 701 g/mol. The number of halogens is 4. The van der Waals surface area contributed by atoms with E-state index < -0.39 is 41.1 Å². The van der Waals surface area contributed by atoms with Crippen molar-refractivity contribution < 1.29 is 32.3 Å². The van der Waals surface area contributed by atoms with Crippen LogP contribution < -0.4 is 16.4 Å². The Labute approximate surface area is 289 Å². The van der Waals surface area contributed by atoms with Gasteiger partial charge in [0.15, 0.2) is 6.10 Å². The second-order valence-corrected chi connectivity index (χ2v) is 14.9. The third-order valence-corrected chi connectivity index (χ3v) is 12.0. The van der Waals surface area contributed by atoms with E-state index in [4.69, 9.17) is 22.1 Å². The molecule has 1 spiro atoms. The molecule has 3 heterocycles. The molecular formula is C36H43ClF3N5O4. The van der Waals surface area contributed by atoms with E-state index in [0.717, 1.165) is 42.2 Å². The van der Waals surface area contributed by atoms with Crippen LogP contribution in [0.4, 0.5) is 34.1 Å². The quantitative estimate of drug-likeness (QED) is 0.286. The Morgan fingerprint density at radius 2 is 1.65 bits per heavy atom. The van der Waals surface area contributed by atoms with Crippen LogP contribution in [0.2, 0.25) is 5.02 Å². The first kappa shape index (κ1) is 33.8. The average molecular weight is 702 g/mol. The fourth-order valence-corrected chi connectivity index (χ4v) is 9.40. The molecule has 2 unspecified atom stereocenters. The number of benzene rings is 2. The van der Waals surface area contributed by atoms with Crippen molar-refractivity contribution in [2.45, 2.75) is 82.0 Å². The highest BCUT2D eigenvalue weighted by Gasteiger charge is 2.53. The van der Waals surface area contributed by atoms with Gasteiger partial charge in [-0.3, -0.25) is 4.79 Å². The highest BCUT2D eigenvalue weighted by atomic mass is 35.5. The summed E-state index contributed by atoms with van der Waals surface area (Å²) in [7, 11) is 0. The Morgan fingerprint density at radius 3 is 2.33 bits per heavy atom. The van der Waals surface area contributed by atoms with Crippen LogP contribution in [-0.2, 0) is 27.7 Å². The van der Waals surface area contributed by atoms with Crippen LogP contribution in [0.3, 0.4) is 0 Å². The number of fused-ring (bicyclic) bond motifs is 3. The summed E-state index contributed by atoms with van der Waals surface area (Å²) in [5, 5.41) is 5.58. The SMILES string of the molecule is Nc1c(Cl)cc(C[C@@H](OC(=O)N2CCC3(CC2)NC(=O)Nc2ccccc23)C(=O)N2CCC(C3C4CCCCCC43)CC2)cc1C(F)(F)F. The molecule has 2 aliphatic carbocycles. The molecule has 2 aromatic carbocycles. The van der Waals surface area contributed by atoms with Crippen molar-refractivity contribution in [1.82, 2.24) is 15.1 Å². The summed E-state index contributed by atoms with van der Waals surface area (Å²) in [5.41, 5.74) is 5.05. The summed E-state index contributed by atoms with van der Waals surface area (Å²) in [4.78, 5) is 43.4. The van der Waals surface area contributed by atoms with Crippen LogP contribution in [-0.4, -0.2) is 60.1 Å². The van der Waals surface area contributed by atoms with Crippen molar-refractivity contribution in [3.63, 3.8) is 0 Å². The summed E-state index contributed by atoms with van der Waals surface area (Å²) >= 11 is 6.12. The van der Waals surface area contributed by atoms with E-state index in [0.29, 0.717) is 37.5 Å². The molecule has 0 aromatic heterocycles. The molecule has 2 saturated carbocycles. The number of nitrogens with two attached hydrogens (primary N) is 1. The average Bonchev–Trinajstić information content (AvgIpc) is 3.81. The van der Waals surface area contributed by atoms with Gasteiger partial charge in [-0.1, -0.05) is 49.1 Å². The predicted octanol–water partition coefficient (Wildman–Crippen LogP) is 7.18. The van der Waals surface area contributed by atoms with Crippen LogP contribution in [0.1, 0.15) is 74.5 Å². The molecule has 3 atom stereocenters. The van der Waals surface area contributed by atoms with Crippen molar-refractivity contribution in [2.24, 2.45) is 23.7 Å². The lowest BCUT2D eigenvalue weighted by molar-refractivity contribution is -0.142. The number of rotatable bonds is 5. The van der Waals surface area contributed by atoms with Crippen molar-refractivity contribution >= 4 is 41.0 Å². The fourth-order valence-electron chi connectivity index (χ4n) is 9.16. The van der Waals surface area contributed by atoms with Crippen molar-refractivity contribution in [3.05, 3.63) is 58.1 Å². The maximum absolute atomic E-state index is 14.1. The van der Waals surface area contributed by atoms with E-state index in [2.05, 4.69) is 10.6 Å². The highest BCUT2D eigenvalue weighted by Crippen LogP contribution is 2.59. The number of alkyl halides is 3. The summed E-state index contributed by atoms with van der Waals surface area (Å²) in [5.74, 6) is 2.47. The third kappa shape index (κ3) is 6.77. The zero-order chi connectivity index (χ0) is 34.5. The van der Waals surface area contributed by atoms with Crippen LogP contribution in [0, 0.1) is 23.7 Å². The van der Waals surface area contributed by atoms with Gasteiger partial charge in [-0.15, -0.1) is 0 Å². The first-order valence-corrected chi connectivity index (χ1v) is 17.9. The Kier molecular flexibility index (Phi) is 9.13. The van der Waals surface area contributed by atoms with E-state index in [1.807, 2.05) is 24.3 Å². The molecular weight excluding hydrogens is 659 g/mol. The van der Waals surface area contributed by atoms with Crippen LogP contribution in [0.5, 0.6) is 0 Å². The minimum absolute atomic E-state index is 0.0947. The van der Waals surface area contributed by atoms with Crippen LogP contribution >= 0.6 is 11.6 Å². The molecule has 0 bridgehead atoms. The molecule has 9 nitrogen and oxygen atoms in total. The molecule has 3 aliphatic heterocycles. The highest BCUT2D eigenvalue weighted by molar-refractivity contribution is 6.33. The Hall–Kier alpha value is -3.67. The standard InChI is InChI=1S/C36H43ClF3N5O4/c37-27-19-21(18-26(31(27)41)36(38,39)40)20-29(32(46)44-14-10-22(11-15-44)30-23-6-2-1-3-7-24(23)30)49-34(48)45-16-12-35(13-17-45)25-8-4-5-9-28(25)42-33(47)43-35/h4-5,8-9,18-19,22-24,29-30H,1-3,6-7,10-17,20,41H2,(H2,42,43,47)/t23?,24?,29-,30?/m1/s1. The predicted molar refractivity (Wildman–Crippen MR) is 179 cm³/mol. The van der Waals surface area contributed by atoms with E-state index >= 15 is 0 Å². The van der Waals surface area contributed by atoms with Crippen molar-refractivity contribution in [3.8, 4) is 0 Å². The van der Waals surface area contributed by atoms with Gasteiger partial charge in [0.25, 0.3) is 5.91 Å². The minimum Gasteiger partial charge on any atom is -0.436 e. The van der Waals surface area contributed by atoms with E-state index in [1.165, 1.54) is 43.1 Å².